The number of halogens is 2. The lowest BCUT2D eigenvalue weighted by Crippen LogP contribution is -2.33. The molecule has 1 fully saturated rings. The molecule has 0 spiro atoms. The molecule has 1 saturated heterocycles. The smallest absolute Gasteiger partial charge is 0.284 e. The van der Waals surface area contributed by atoms with E-state index in [1.165, 1.54) is 48.2 Å². The van der Waals surface area contributed by atoms with Crippen molar-refractivity contribution in [1.29, 1.82) is 0 Å². The van der Waals surface area contributed by atoms with E-state index in [0.29, 0.717) is 24.4 Å². The summed E-state index contributed by atoms with van der Waals surface area (Å²) in [5, 5.41) is 7.93. The van der Waals surface area contributed by atoms with Gasteiger partial charge in [0.15, 0.2) is 0 Å². The zero-order chi connectivity index (χ0) is 28.8. The summed E-state index contributed by atoms with van der Waals surface area (Å²) in [5.74, 6) is 2.22. The highest BCUT2D eigenvalue weighted by Gasteiger charge is 2.22. The predicted octanol–water partition coefficient (Wildman–Crippen LogP) is 4.95. The average Bonchev–Trinajstić information content (AvgIpc) is 3.48. The number of rotatable bonds is 9. The van der Waals surface area contributed by atoms with Crippen LogP contribution in [0.2, 0.25) is 0 Å². The molecule has 10 heteroatoms. The summed E-state index contributed by atoms with van der Waals surface area (Å²) in [7, 11) is -3.89. The molecule has 0 unspecified atom stereocenters. The van der Waals surface area contributed by atoms with E-state index >= 15 is 0 Å². The molecule has 0 radical (unpaired) electrons. The highest BCUT2D eigenvalue weighted by atomic mass is 32.2. The normalized spacial score (nSPS) is 14.0. The molecule has 0 N–H and O–H groups in total. The molecule has 2 heterocycles. The molecule has 0 bridgehead atoms. The molecule has 5 rings (SSSR count). The Labute approximate surface area is 238 Å². The van der Waals surface area contributed by atoms with Crippen molar-refractivity contribution in [1.82, 2.24) is 19.3 Å². The molecule has 7 nitrogen and oxygen atoms in total. The lowest BCUT2D eigenvalue weighted by Gasteiger charge is -2.30. The van der Waals surface area contributed by atoms with Gasteiger partial charge in [-0.1, -0.05) is 41.0 Å². The standard InChI is InChI=1S/C31H28F2N4O3S/c1-2-21-40-29-11-13-30(14-12-29)41(38,39)37-22-28(34-35-37)17-20-36-18-15-25(16-19-36)31(23-3-7-26(32)8-4-23)24-5-9-27(33)10-6-24/h1,3-14,22H,15-21H2. The summed E-state index contributed by atoms with van der Waals surface area (Å²) in [6.45, 7) is 2.37. The second-order valence-electron chi connectivity index (χ2n) is 9.64. The van der Waals surface area contributed by atoms with Gasteiger partial charge in [-0.05, 0) is 78.1 Å². The Kier molecular flexibility index (Phi) is 8.57. The first-order chi connectivity index (χ1) is 19.8. The maximum atomic E-state index is 13.6. The van der Waals surface area contributed by atoms with Gasteiger partial charge in [-0.2, -0.15) is 8.42 Å². The topological polar surface area (TPSA) is 77.3 Å². The number of hydrogen-bond donors (Lipinski definition) is 0. The number of piperidine rings is 1. The van der Waals surface area contributed by atoms with Gasteiger partial charge in [-0.15, -0.1) is 15.6 Å². The summed E-state index contributed by atoms with van der Waals surface area (Å²) < 4.78 is 59.3. The molecule has 1 aliphatic heterocycles. The summed E-state index contributed by atoms with van der Waals surface area (Å²) in [4.78, 5) is 2.36. The van der Waals surface area contributed by atoms with Gasteiger partial charge in [-0.25, -0.2) is 8.78 Å². The summed E-state index contributed by atoms with van der Waals surface area (Å²) in [6.07, 6.45) is 8.75. The highest BCUT2D eigenvalue weighted by molar-refractivity contribution is 7.89. The van der Waals surface area contributed by atoms with E-state index in [-0.39, 0.29) is 23.1 Å². The van der Waals surface area contributed by atoms with Gasteiger partial charge in [-0.3, -0.25) is 0 Å². The Hall–Kier alpha value is -4.33. The first kappa shape index (κ1) is 28.2. The van der Waals surface area contributed by atoms with Gasteiger partial charge in [0.1, 0.15) is 24.0 Å². The molecular weight excluding hydrogens is 546 g/mol. The lowest BCUT2D eigenvalue weighted by molar-refractivity contribution is 0.259. The van der Waals surface area contributed by atoms with Gasteiger partial charge >= 0.3 is 0 Å². The van der Waals surface area contributed by atoms with Crippen molar-refractivity contribution in [2.45, 2.75) is 24.2 Å². The Morgan fingerprint density at radius 3 is 2.05 bits per heavy atom. The van der Waals surface area contributed by atoms with Crippen molar-refractivity contribution in [3.63, 3.8) is 0 Å². The Bertz CT molecular complexity index is 1620. The van der Waals surface area contributed by atoms with E-state index in [1.54, 1.807) is 36.4 Å². The van der Waals surface area contributed by atoms with Crippen LogP contribution in [0.5, 0.6) is 5.75 Å². The van der Waals surface area contributed by atoms with E-state index < -0.39 is 10.0 Å². The number of likely N-dealkylation sites (tertiary alicyclic amines) is 1. The summed E-state index contributed by atoms with van der Waals surface area (Å²) in [5.41, 5.74) is 4.60. The monoisotopic (exact) mass is 574 g/mol. The van der Waals surface area contributed by atoms with Crippen LogP contribution in [0.1, 0.15) is 29.7 Å². The van der Waals surface area contributed by atoms with E-state index in [9.17, 15) is 17.2 Å². The van der Waals surface area contributed by atoms with Crippen molar-refractivity contribution in [3.05, 3.63) is 113 Å². The molecular formula is C31H28F2N4O3S. The predicted molar refractivity (Wildman–Crippen MR) is 152 cm³/mol. The van der Waals surface area contributed by atoms with Crippen LogP contribution in [0.15, 0.2) is 89.5 Å². The van der Waals surface area contributed by atoms with Crippen molar-refractivity contribution >= 4 is 15.6 Å². The van der Waals surface area contributed by atoms with Crippen LogP contribution in [0.3, 0.4) is 0 Å². The van der Waals surface area contributed by atoms with Crippen molar-refractivity contribution in [2.24, 2.45) is 0 Å². The third kappa shape index (κ3) is 6.70. The zero-order valence-electron chi connectivity index (χ0n) is 22.2. The fourth-order valence-corrected chi connectivity index (χ4v) is 5.92. The second kappa shape index (κ2) is 12.5. The molecule has 4 aromatic rings. The van der Waals surface area contributed by atoms with Crippen LogP contribution in [0.25, 0.3) is 5.57 Å². The second-order valence-corrected chi connectivity index (χ2v) is 11.4. The SMILES string of the molecule is C#CCOc1ccc(S(=O)(=O)n2cc(CCN3CCC(=C(c4ccc(F)cc4)c4ccc(F)cc4)CC3)nn2)cc1. The molecule has 210 valence electrons. The Morgan fingerprint density at radius 1 is 0.902 bits per heavy atom. The molecule has 41 heavy (non-hydrogen) atoms. The first-order valence-electron chi connectivity index (χ1n) is 13.1. The molecule has 1 aromatic heterocycles. The van der Waals surface area contributed by atoms with E-state index in [2.05, 4.69) is 21.1 Å². The van der Waals surface area contributed by atoms with Gasteiger partial charge in [0.25, 0.3) is 10.0 Å². The van der Waals surface area contributed by atoms with Crippen LogP contribution in [-0.2, 0) is 16.4 Å². The number of nitrogens with zero attached hydrogens (tertiary/aromatic N) is 4. The lowest BCUT2D eigenvalue weighted by atomic mass is 9.88. The minimum atomic E-state index is -3.89. The van der Waals surface area contributed by atoms with Crippen molar-refractivity contribution in [3.8, 4) is 18.1 Å². The van der Waals surface area contributed by atoms with Crippen LogP contribution >= 0.6 is 0 Å². The maximum Gasteiger partial charge on any atom is 0.284 e. The number of aromatic nitrogens is 3. The fraction of sp³-hybridized carbons (Fsp3) is 0.226. The molecule has 1 aliphatic rings. The van der Waals surface area contributed by atoms with Gasteiger partial charge in [0, 0.05) is 26.1 Å². The Morgan fingerprint density at radius 2 is 1.49 bits per heavy atom. The van der Waals surface area contributed by atoms with E-state index in [1.807, 2.05) is 0 Å². The molecule has 0 atom stereocenters. The fourth-order valence-electron chi connectivity index (χ4n) is 4.83. The minimum absolute atomic E-state index is 0.0652. The number of ether oxygens (including phenoxy) is 1. The third-order valence-electron chi connectivity index (χ3n) is 6.97. The van der Waals surface area contributed by atoms with Gasteiger partial charge in [0.2, 0.25) is 0 Å². The van der Waals surface area contributed by atoms with E-state index in [4.69, 9.17) is 11.2 Å². The molecule has 3 aromatic carbocycles. The third-order valence-corrected chi connectivity index (χ3v) is 8.51. The van der Waals surface area contributed by atoms with Crippen LogP contribution < -0.4 is 4.74 Å². The van der Waals surface area contributed by atoms with Crippen LogP contribution in [-0.4, -0.2) is 54.0 Å². The maximum absolute atomic E-state index is 13.6. The zero-order valence-corrected chi connectivity index (χ0v) is 23.0. The largest absolute Gasteiger partial charge is 0.481 e. The number of terminal acetylenes is 1. The average molecular weight is 575 g/mol. The minimum Gasteiger partial charge on any atom is -0.481 e. The van der Waals surface area contributed by atoms with Crippen LogP contribution in [0, 0.1) is 24.0 Å². The van der Waals surface area contributed by atoms with Crippen molar-refractivity contribution in [2.75, 3.05) is 26.2 Å². The Balaban J connectivity index is 1.23. The quantitative estimate of drug-likeness (QED) is 0.264. The summed E-state index contributed by atoms with van der Waals surface area (Å²) in [6, 6.07) is 18.7. The van der Waals surface area contributed by atoms with Gasteiger partial charge in [0.05, 0.1) is 16.8 Å². The molecule has 0 amide bonds. The summed E-state index contributed by atoms with van der Waals surface area (Å²) >= 11 is 0. The first-order valence-corrected chi connectivity index (χ1v) is 14.6. The van der Waals surface area contributed by atoms with Gasteiger partial charge < -0.3 is 9.64 Å². The van der Waals surface area contributed by atoms with E-state index in [0.717, 1.165) is 46.7 Å². The number of benzene rings is 3. The van der Waals surface area contributed by atoms with Crippen molar-refractivity contribution < 1.29 is 21.9 Å². The van der Waals surface area contributed by atoms with Crippen LogP contribution in [0.4, 0.5) is 8.78 Å². The highest BCUT2D eigenvalue weighted by Crippen LogP contribution is 2.32. The molecule has 0 saturated carbocycles. The molecule has 0 aliphatic carbocycles. The number of hydrogen-bond acceptors (Lipinski definition) is 6.